The highest BCUT2D eigenvalue weighted by Gasteiger charge is 2.40. The number of nitrogens with zero attached hydrogens (tertiary/aromatic N) is 2. The van der Waals surface area contributed by atoms with Gasteiger partial charge in [-0.25, -0.2) is 0 Å². The number of rotatable bonds is 7. The molecule has 3 heterocycles. The minimum Gasteiger partial charge on any atom is -0.496 e. The maximum Gasteiger partial charge on any atom is 0.263 e. The molecule has 2 saturated heterocycles. The van der Waals surface area contributed by atoms with E-state index in [2.05, 4.69) is 10.2 Å². The summed E-state index contributed by atoms with van der Waals surface area (Å²) in [5.74, 6) is 0.370. The average molecular weight is 492 g/mol. The molecule has 0 spiro atoms. The number of carbonyl (C=O) groups excluding carboxylic acids is 3. The average Bonchev–Trinajstić information content (AvgIpc) is 3.17. The van der Waals surface area contributed by atoms with Gasteiger partial charge in [0.05, 0.1) is 29.8 Å². The van der Waals surface area contributed by atoms with Gasteiger partial charge < -0.3 is 19.7 Å². The Hall–Kier alpha value is -3.39. The zero-order valence-corrected chi connectivity index (χ0v) is 20.7. The van der Waals surface area contributed by atoms with Crippen molar-refractivity contribution in [3.63, 3.8) is 0 Å². The van der Waals surface area contributed by atoms with Crippen LogP contribution in [0.2, 0.25) is 0 Å². The van der Waals surface area contributed by atoms with Crippen LogP contribution < -0.4 is 15.0 Å². The second-order valence-corrected chi connectivity index (χ2v) is 9.79. The molecule has 1 atom stereocenters. The van der Waals surface area contributed by atoms with Crippen LogP contribution in [0.15, 0.2) is 42.5 Å². The van der Waals surface area contributed by atoms with E-state index in [0.29, 0.717) is 44.0 Å². The number of methoxy groups -OCH3 is 1. The number of para-hydroxylation sites is 1. The molecule has 2 aromatic carbocycles. The molecule has 0 aromatic heterocycles. The van der Waals surface area contributed by atoms with E-state index < -0.39 is 0 Å². The quantitative estimate of drug-likeness (QED) is 0.599. The molecule has 0 bridgehead atoms. The fourth-order valence-corrected chi connectivity index (χ4v) is 5.52. The Morgan fingerprint density at radius 2 is 1.86 bits per heavy atom. The van der Waals surface area contributed by atoms with E-state index in [-0.39, 0.29) is 29.6 Å². The summed E-state index contributed by atoms with van der Waals surface area (Å²) in [6.07, 6.45) is 3.34. The fourth-order valence-electron chi connectivity index (χ4n) is 5.52. The van der Waals surface area contributed by atoms with E-state index >= 15 is 0 Å². The van der Waals surface area contributed by atoms with Gasteiger partial charge in [0.1, 0.15) is 5.75 Å². The number of piperidine rings is 1. The molecule has 0 unspecified atom stereocenters. The van der Waals surface area contributed by atoms with Gasteiger partial charge in [0.2, 0.25) is 5.91 Å². The Morgan fingerprint density at radius 1 is 1.06 bits per heavy atom. The van der Waals surface area contributed by atoms with Crippen molar-refractivity contribution in [1.82, 2.24) is 10.2 Å². The molecule has 5 rings (SSSR count). The minimum atomic E-state index is -0.222. The van der Waals surface area contributed by atoms with Gasteiger partial charge in [-0.1, -0.05) is 24.3 Å². The minimum absolute atomic E-state index is 0.0123. The third-order valence-corrected chi connectivity index (χ3v) is 7.54. The molecule has 0 saturated carbocycles. The number of hydrogen-bond acceptors (Lipinski definition) is 6. The van der Waals surface area contributed by atoms with Crippen LogP contribution in [0, 0.1) is 11.8 Å². The molecule has 0 radical (unpaired) electrons. The van der Waals surface area contributed by atoms with Gasteiger partial charge in [0.25, 0.3) is 11.8 Å². The lowest BCUT2D eigenvalue weighted by molar-refractivity contribution is -0.125. The summed E-state index contributed by atoms with van der Waals surface area (Å²) in [4.78, 5) is 43.1. The first-order valence-electron chi connectivity index (χ1n) is 12.8. The molecule has 3 amide bonds. The van der Waals surface area contributed by atoms with Crippen molar-refractivity contribution in [3.05, 3.63) is 59.2 Å². The highest BCUT2D eigenvalue weighted by atomic mass is 16.5. The van der Waals surface area contributed by atoms with Crippen molar-refractivity contribution in [2.45, 2.75) is 32.2 Å². The zero-order valence-electron chi connectivity index (χ0n) is 20.7. The van der Waals surface area contributed by atoms with Gasteiger partial charge in [-0.2, -0.15) is 0 Å². The first-order valence-corrected chi connectivity index (χ1v) is 12.8. The number of anilines is 1. The molecule has 8 nitrogen and oxygen atoms in total. The van der Waals surface area contributed by atoms with E-state index in [4.69, 9.17) is 9.47 Å². The number of ether oxygens (including phenoxy) is 2. The summed E-state index contributed by atoms with van der Waals surface area (Å²) < 4.78 is 10.8. The lowest BCUT2D eigenvalue weighted by Gasteiger charge is -2.34. The lowest BCUT2D eigenvalue weighted by Crippen LogP contribution is -2.43. The van der Waals surface area contributed by atoms with Gasteiger partial charge in [-0.05, 0) is 49.8 Å². The normalized spacial score (nSPS) is 20.4. The maximum atomic E-state index is 13.4. The van der Waals surface area contributed by atoms with Crippen LogP contribution in [-0.2, 0) is 16.1 Å². The van der Waals surface area contributed by atoms with Crippen molar-refractivity contribution in [2.24, 2.45) is 11.8 Å². The third kappa shape index (κ3) is 4.82. The Bertz CT molecular complexity index is 1140. The predicted octanol–water partition coefficient (Wildman–Crippen LogP) is 3.25. The van der Waals surface area contributed by atoms with E-state index in [1.54, 1.807) is 13.2 Å². The maximum absolute atomic E-state index is 13.4. The molecule has 2 aromatic rings. The molecule has 3 aliphatic heterocycles. The summed E-state index contributed by atoms with van der Waals surface area (Å²) in [7, 11) is 1.62. The first-order chi connectivity index (χ1) is 17.6. The Balaban J connectivity index is 1.28. The van der Waals surface area contributed by atoms with Crippen LogP contribution >= 0.6 is 0 Å². The lowest BCUT2D eigenvalue weighted by atomic mass is 9.95. The summed E-state index contributed by atoms with van der Waals surface area (Å²) in [6, 6.07) is 13.1. The van der Waals surface area contributed by atoms with Crippen molar-refractivity contribution in [1.29, 1.82) is 0 Å². The Morgan fingerprint density at radius 3 is 2.67 bits per heavy atom. The summed E-state index contributed by atoms with van der Waals surface area (Å²) in [6.45, 7) is 3.43. The van der Waals surface area contributed by atoms with Gasteiger partial charge in [0, 0.05) is 45.0 Å². The SMILES string of the molecule is COc1ccccc1CNC(=O)[C@@H]1CCCN(c2cccc3c2C(=O)N(CC2CCOCC2)C3=O)C1. The first kappa shape index (κ1) is 24.3. The number of nitrogens with one attached hydrogen (secondary N) is 1. The van der Waals surface area contributed by atoms with E-state index in [1.165, 1.54) is 4.90 Å². The molecule has 0 aliphatic carbocycles. The van der Waals surface area contributed by atoms with Crippen LogP contribution in [0.25, 0.3) is 0 Å². The summed E-state index contributed by atoms with van der Waals surface area (Å²) in [5.41, 5.74) is 2.62. The second-order valence-electron chi connectivity index (χ2n) is 9.79. The van der Waals surface area contributed by atoms with Gasteiger partial charge in [-0.3, -0.25) is 19.3 Å². The van der Waals surface area contributed by atoms with E-state index in [1.807, 2.05) is 36.4 Å². The van der Waals surface area contributed by atoms with Crippen LogP contribution in [-0.4, -0.2) is 62.6 Å². The number of carbonyl (C=O) groups is 3. The zero-order chi connectivity index (χ0) is 25.1. The van der Waals surface area contributed by atoms with Crippen LogP contribution in [0.4, 0.5) is 5.69 Å². The van der Waals surface area contributed by atoms with Crippen LogP contribution in [0.3, 0.4) is 0 Å². The second kappa shape index (κ2) is 10.7. The number of hydrogen-bond donors (Lipinski definition) is 1. The van der Waals surface area contributed by atoms with Crippen LogP contribution in [0.5, 0.6) is 5.75 Å². The van der Waals surface area contributed by atoms with Gasteiger partial charge in [0.15, 0.2) is 0 Å². The molecule has 8 heteroatoms. The molecule has 2 fully saturated rings. The number of fused-ring (bicyclic) bond motifs is 1. The molecule has 190 valence electrons. The number of benzene rings is 2. The highest BCUT2D eigenvalue weighted by molar-refractivity contribution is 6.23. The molecular weight excluding hydrogens is 458 g/mol. The van der Waals surface area contributed by atoms with Crippen LogP contribution in [0.1, 0.15) is 52.0 Å². The predicted molar refractivity (Wildman–Crippen MR) is 135 cm³/mol. The molecular formula is C28H33N3O5. The number of imide groups is 1. The molecule has 1 N–H and O–H groups in total. The Kier molecular flexibility index (Phi) is 7.23. The van der Waals surface area contributed by atoms with Crippen molar-refractivity contribution in [3.8, 4) is 5.75 Å². The van der Waals surface area contributed by atoms with Crippen molar-refractivity contribution >= 4 is 23.4 Å². The monoisotopic (exact) mass is 491 g/mol. The molecule has 3 aliphatic rings. The van der Waals surface area contributed by atoms with Gasteiger partial charge >= 0.3 is 0 Å². The largest absolute Gasteiger partial charge is 0.496 e. The Labute approximate surface area is 211 Å². The third-order valence-electron chi connectivity index (χ3n) is 7.54. The molecule has 36 heavy (non-hydrogen) atoms. The standard InChI is InChI=1S/C28H33N3O5/c1-35-24-10-3-2-6-20(24)16-29-26(32)21-7-5-13-30(18-21)23-9-4-8-22-25(23)28(34)31(27(22)33)17-19-11-14-36-15-12-19/h2-4,6,8-10,19,21H,5,7,11-18H2,1H3,(H,29,32)/t21-/m1/s1. The number of amides is 3. The van der Waals surface area contributed by atoms with Crippen molar-refractivity contribution < 1.29 is 23.9 Å². The van der Waals surface area contributed by atoms with Gasteiger partial charge in [-0.15, -0.1) is 0 Å². The topological polar surface area (TPSA) is 88.2 Å². The van der Waals surface area contributed by atoms with E-state index in [9.17, 15) is 14.4 Å². The van der Waals surface area contributed by atoms with E-state index in [0.717, 1.165) is 49.2 Å². The fraction of sp³-hybridized carbons (Fsp3) is 0.464. The smallest absolute Gasteiger partial charge is 0.263 e. The van der Waals surface area contributed by atoms with Crippen molar-refractivity contribution in [2.75, 3.05) is 44.9 Å². The summed E-state index contributed by atoms with van der Waals surface area (Å²) >= 11 is 0. The summed E-state index contributed by atoms with van der Waals surface area (Å²) in [5, 5.41) is 3.05. The highest BCUT2D eigenvalue weighted by Crippen LogP contribution is 2.35.